The van der Waals surface area contributed by atoms with E-state index in [1.165, 1.54) is 30.4 Å². The summed E-state index contributed by atoms with van der Waals surface area (Å²) in [5, 5.41) is 11.8. The Morgan fingerprint density at radius 1 is 0.974 bits per heavy atom. The number of ether oxygens (including phenoxy) is 1. The fraction of sp³-hybridized carbons (Fsp3) is 0.516. The van der Waals surface area contributed by atoms with Crippen LogP contribution in [0.2, 0.25) is 0 Å². The molecule has 0 radical (unpaired) electrons. The first-order chi connectivity index (χ1) is 18.7. The van der Waals surface area contributed by atoms with E-state index in [1.807, 2.05) is 18.2 Å². The summed E-state index contributed by atoms with van der Waals surface area (Å²) in [6.45, 7) is 7.50. The number of benzene rings is 2. The molecule has 3 aromatic rings. The van der Waals surface area contributed by atoms with Crippen molar-refractivity contribution in [3.8, 4) is 5.75 Å². The quantitative estimate of drug-likeness (QED) is 0.499. The molecule has 5 rings (SSSR count). The van der Waals surface area contributed by atoms with Gasteiger partial charge in [-0.2, -0.15) is 0 Å². The summed E-state index contributed by atoms with van der Waals surface area (Å²) in [5.74, 6) is 2.66. The van der Waals surface area contributed by atoms with Gasteiger partial charge in [0, 0.05) is 31.5 Å². The summed E-state index contributed by atoms with van der Waals surface area (Å²) < 4.78 is 8.42. The zero-order valence-electron chi connectivity index (χ0n) is 22.8. The van der Waals surface area contributed by atoms with Crippen LogP contribution in [-0.2, 0) is 32.5 Å². The van der Waals surface area contributed by atoms with E-state index in [4.69, 9.17) is 4.74 Å². The van der Waals surface area contributed by atoms with Gasteiger partial charge in [-0.15, -0.1) is 10.2 Å². The molecule has 38 heavy (non-hydrogen) atoms. The fourth-order valence-electron chi connectivity index (χ4n) is 5.64. The lowest BCUT2D eigenvalue weighted by atomic mass is 9.99. The highest BCUT2D eigenvalue weighted by Crippen LogP contribution is 2.25. The molecule has 2 aliphatic rings. The molecule has 0 spiro atoms. The van der Waals surface area contributed by atoms with E-state index in [9.17, 15) is 4.79 Å². The van der Waals surface area contributed by atoms with Crippen LogP contribution in [0.3, 0.4) is 0 Å². The summed E-state index contributed by atoms with van der Waals surface area (Å²) in [7, 11) is 0. The lowest BCUT2D eigenvalue weighted by Gasteiger charge is -2.22. The van der Waals surface area contributed by atoms with Crippen LogP contribution < -0.4 is 10.1 Å². The number of nitrogens with one attached hydrogen (secondary N) is 1. The minimum atomic E-state index is -0.0952. The van der Waals surface area contributed by atoms with Crippen LogP contribution in [0.15, 0.2) is 42.5 Å². The smallest absolute Gasteiger partial charge is 0.251 e. The van der Waals surface area contributed by atoms with Crippen molar-refractivity contribution in [2.24, 2.45) is 0 Å². The molecule has 3 heterocycles. The van der Waals surface area contributed by atoms with Gasteiger partial charge in [0.05, 0.1) is 13.2 Å². The molecule has 2 bridgehead atoms. The lowest BCUT2D eigenvalue weighted by Crippen LogP contribution is -2.25. The molecule has 0 unspecified atom stereocenters. The largest absolute Gasteiger partial charge is 0.493 e. The van der Waals surface area contributed by atoms with Gasteiger partial charge in [-0.25, -0.2) is 0 Å². The van der Waals surface area contributed by atoms with E-state index in [0.29, 0.717) is 18.7 Å². The Morgan fingerprint density at radius 3 is 2.76 bits per heavy atom. The highest BCUT2D eigenvalue weighted by atomic mass is 16.5. The van der Waals surface area contributed by atoms with Gasteiger partial charge in [-0.05, 0) is 86.5 Å². The maximum Gasteiger partial charge on any atom is 0.251 e. The van der Waals surface area contributed by atoms with Crippen LogP contribution in [-0.4, -0.2) is 45.3 Å². The van der Waals surface area contributed by atoms with Gasteiger partial charge in [0.1, 0.15) is 11.6 Å². The summed E-state index contributed by atoms with van der Waals surface area (Å²) in [6.07, 6.45) is 9.74. The van der Waals surface area contributed by atoms with Crippen molar-refractivity contribution >= 4 is 5.91 Å². The van der Waals surface area contributed by atoms with Crippen LogP contribution in [0, 0.1) is 0 Å². The molecule has 0 saturated carbocycles. The SMILES string of the molecule is CCCN1CCCCCOc2ccc(C(=O)NCc3nnc4n3CCCCC4)cc2Cc2cccc(c2)C1. The van der Waals surface area contributed by atoms with Crippen molar-refractivity contribution in [3.63, 3.8) is 0 Å². The Bertz CT molecular complexity index is 1220. The number of hydrogen-bond acceptors (Lipinski definition) is 5. The Kier molecular flexibility index (Phi) is 9.07. The van der Waals surface area contributed by atoms with Crippen LogP contribution in [0.5, 0.6) is 5.75 Å². The summed E-state index contributed by atoms with van der Waals surface area (Å²) in [4.78, 5) is 15.7. The molecule has 1 aromatic heterocycles. The molecule has 2 aliphatic heterocycles. The highest BCUT2D eigenvalue weighted by molar-refractivity contribution is 5.94. The third-order valence-corrected chi connectivity index (χ3v) is 7.62. The Labute approximate surface area is 226 Å². The Morgan fingerprint density at radius 2 is 1.84 bits per heavy atom. The van der Waals surface area contributed by atoms with E-state index in [0.717, 1.165) is 87.7 Å². The second-order valence-corrected chi connectivity index (χ2v) is 10.7. The molecule has 0 saturated heterocycles. The van der Waals surface area contributed by atoms with E-state index in [1.54, 1.807) is 0 Å². The maximum absolute atomic E-state index is 13.2. The van der Waals surface area contributed by atoms with E-state index in [2.05, 4.69) is 56.2 Å². The molecule has 1 N–H and O–H groups in total. The summed E-state index contributed by atoms with van der Waals surface area (Å²) in [5.41, 5.74) is 4.28. The van der Waals surface area contributed by atoms with Crippen LogP contribution in [0.25, 0.3) is 0 Å². The maximum atomic E-state index is 13.2. The number of aromatic nitrogens is 3. The monoisotopic (exact) mass is 515 g/mol. The number of carbonyl (C=O) groups is 1. The van der Waals surface area contributed by atoms with E-state index >= 15 is 0 Å². The minimum Gasteiger partial charge on any atom is -0.493 e. The van der Waals surface area contributed by atoms with Gasteiger partial charge in [0.25, 0.3) is 5.91 Å². The van der Waals surface area contributed by atoms with Gasteiger partial charge in [-0.3, -0.25) is 9.69 Å². The molecule has 0 fully saturated rings. The average Bonchev–Trinajstić information content (AvgIpc) is 3.15. The van der Waals surface area contributed by atoms with E-state index < -0.39 is 0 Å². The molecule has 7 heteroatoms. The molecule has 0 atom stereocenters. The number of hydrogen-bond donors (Lipinski definition) is 1. The number of carbonyl (C=O) groups excluding carboxylic acids is 1. The molecule has 7 nitrogen and oxygen atoms in total. The summed E-state index contributed by atoms with van der Waals surface area (Å²) >= 11 is 0. The third kappa shape index (κ3) is 6.81. The average molecular weight is 516 g/mol. The van der Waals surface area contributed by atoms with Gasteiger partial charge >= 0.3 is 0 Å². The van der Waals surface area contributed by atoms with Crippen molar-refractivity contribution in [1.82, 2.24) is 25.0 Å². The van der Waals surface area contributed by atoms with Crippen molar-refractivity contribution < 1.29 is 9.53 Å². The highest BCUT2D eigenvalue weighted by Gasteiger charge is 2.17. The van der Waals surface area contributed by atoms with Crippen molar-refractivity contribution in [2.75, 3.05) is 19.7 Å². The minimum absolute atomic E-state index is 0.0952. The normalized spacial score (nSPS) is 16.9. The van der Waals surface area contributed by atoms with Crippen molar-refractivity contribution in [2.45, 2.75) is 84.3 Å². The number of rotatable bonds is 5. The molecule has 2 aromatic carbocycles. The molecule has 1 amide bonds. The van der Waals surface area contributed by atoms with Crippen LogP contribution >= 0.6 is 0 Å². The van der Waals surface area contributed by atoms with Crippen molar-refractivity contribution in [3.05, 3.63) is 76.4 Å². The lowest BCUT2D eigenvalue weighted by molar-refractivity contribution is 0.0949. The van der Waals surface area contributed by atoms with Crippen LogP contribution in [0.4, 0.5) is 0 Å². The Balaban J connectivity index is 1.33. The zero-order valence-corrected chi connectivity index (χ0v) is 22.8. The topological polar surface area (TPSA) is 72.3 Å². The number of amides is 1. The number of fused-ring (bicyclic) bond motifs is 4. The fourth-order valence-corrected chi connectivity index (χ4v) is 5.64. The Hall–Kier alpha value is -3.19. The number of nitrogens with zero attached hydrogens (tertiary/aromatic N) is 4. The second-order valence-electron chi connectivity index (χ2n) is 10.7. The predicted octanol–water partition coefficient (Wildman–Crippen LogP) is 5.30. The first-order valence-electron chi connectivity index (χ1n) is 14.4. The van der Waals surface area contributed by atoms with Gasteiger partial charge in [0.2, 0.25) is 0 Å². The molecular formula is C31H41N5O2. The van der Waals surface area contributed by atoms with Crippen LogP contribution in [0.1, 0.15) is 90.6 Å². The molecule has 0 aliphatic carbocycles. The third-order valence-electron chi connectivity index (χ3n) is 7.62. The standard InChI is InChI=1S/C31H41N5O2/c1-2-15-35-16-6-4-8-18-38-28-14-13-26(21-27(28)20-24-10-9-11-25(19-24)23-35)31(37)32-22-30-34-33-29-12-5-3-7-17-36(29)30/h9-11,13-14,19,21H,2-8,12,15-18,20,22-23H2,1H3,(H,32,37). The van der Waals surface area contributed by atoms with Gasteiger partial charge in [0.15, 0.2) is 5.82 Å². The first kappa shape index (κ1) is 26.4. The van der Waals surface area contributed by atoms with Crippen molar-refractivity contribution in [1.29, 1.82) is 0 Å². The summed E-state index contributed by atoms with van der Waals surface area (Å²) in [6, 6.07) is 14.7. The zero-order chi connectivity index (χ0) is 26.2. The van der Waals surface area contributed by atoms with Gasteiger partial charge < -0.3 is 14.6 Å². The van der Waals surface area contributed by atoms with Gasteiger partial charge in [-0.1, -0.05) is 37.6 Å². The first-order valence-corrected chi connectivity index (χ1v) is 14.4. The molecular weight excluding hydrogens is 474 g/mol. The predicted molar refractivity (Wildman–Crippen MR) is 149 cm³/mol. The second kappa shape index (κ2) is 13.1. The van der Waals surface area contributed by atoms with E-state index in [-0.39, 0.29) is 5.91 Å². The number of aryl methyl sites for hydroxylation is 1. The molecule has 202 valence electrons.